The third kappa shape index (κ3) is 2.27. The van der Waals surface area contributed by atoms with Crippen LogP contribution in [0, 0.1) is 6.92 Å². The summed E-state index contributed by atoms with van der Waals surface area (Å²) in [5.41, 5.74) is 6.94. The van der Waals surface area contributed by atoms with E-state index < -0.39 is 0 Å². The summed E-state index contributed by atoms with van der Waals surface area (Å²) < 4.78 is 2.11. The van der Waals surface area contributed by atoms with E-state index in [-0.39, 0.29) is 6.04 Å². The summed E-state index contributed by atoms with van der Waals surface area (Å²) in [5, 5.41) is 0. The molecule has 80 valence electrons. The van der Waals surface area contributed by atoms with Gasteiger partial charge in [0, 0.05) is 22.0 Å². The van der Waals surface area contributed by atoms with Crippen LogP contribution in [0.4, 0.5) is 0 Å². The number of nitrogens with zero attached hydrogens (tertiary/aromatic N) is 2. The molecule has 1 atom stereocenters. The fourth-order valence-corrected chi connectivity index (χ4v) is 2.47. The van der Waals surface area contributed by atoms with Crippen molar-refractivity contribution in [3.63, 3.8) is 0 Å². The predicted octanol–water partition coefficient (Wildman–Crippen LogP) is 2.32. The Labute approximate surface area is 93.6 Å². The molecular formula is C11H15N3S. The molecule has 0 aliphatic carbocycles. The van der Waals surface area contributed by atoms with E-state index in [0.717, 1.165) is 12.2 Å². The molecule has 2 rings (SSSR count). The fraction of sp³-hybridized carbons (Fsp3) is 0.364. The van der Waals surface area contributed by atoms with Crippen LogP contribution in [0.5, 0.6) is 0 Å². The largest absolute Gasteiger partial charge is 0.328 e. The van der Waals surface area contributed by atoms with Gasteiger partial charge in [0.15, 0.2) is 0 Å². The van der Waals surface area contributed by atoms with E-state index in [4.69, 9.17) is 5.73 Å². The van der Waals surface area contributed by atoms with Gasteiger partial charge in [-0.2, -0.15) is 0 Å². The Morgan fingerprint density at radius 2 is 2.33 bits per heavy atom. The molecule has 2 N–H and O–H groups in total. The number of rotatable bonds is 3. The van der Waals surface area contributed by atoms with Crippen molar-refractivity contribution in [2.75, 3.05) is 0 Å². The maximum atomic E-state index is 5.86. The van der Waals surface area contributed by atoms with E-state index in [1.54, 1.807) is 0 Å². The highest BCUT2D eigenvalue weighted by atomic mass is 32.1. The molecule has 0 aliphatic heterocycles. The Hall–Kier alpha value is -1.13. The zero-order chi connectivity index (χ0) is 10.8. The molecule has 15 heavy (non-hydrogen) atoms. The lowest BCUT2D eigenvalue weighted by Gasteiger charge is -2.09. The molecule has 0 bridgehead atoms. The summed E-state index contributed by atoms with van der Waals surface area (Å²) in [6.07, 6.45) is 3.68. The number of hydrogen-bond donors (Lipinski definition) is 1. The van der Waals surface area contributed by atoms with Gasteiger partial charge in [-0.15, -0.1) is 11.3 Å². The maximum Gasteiger partial charge on any atom is 0.0952 e. The SMILES string of the molecule is Cc1ccc(Cn2cncc2C(C)N)s1. The summed E-state index contributed by atoms with van der Waals surface area (Å²) in [4.78, 5) is 6.81. The summed E-state index contributed by atoms with van der Waals surface area (Å²) in [6, 6.07) is 4.33. The smallest absolute Gasteiger partial charge is 0.0952 e. The molecule has 0 spiro atoms. The number of aromatic nitrogens is 2. The quantitative estimate of drug-likeness (QED) is 0.864. The minimum absolute atomic E-state index is 0.0357. The van der Waals surface area contributed by atoms with Gasteiger partial charge in [0.2, 0.25) is 0 Å². The molecule has 2 heterocycles. The van der Waals surface area contributed by atoms with Crippen LogP contribution in [0.25, 0.3) is 0 Å². The van der Waals surface area contributed by atoms with Gasteiger partial charge in [0.1, 0.15) is 0 Å². The van der Waals surface area contributed by atoms with Crippen LogP contribution in [-0.2, 0) is 6.54 Å². The van der Waals surface area contributed by atoms with Crippen molar-refractivity contribution in [3.8, 4) is 0 Å². The normalized spacial score (nSPS) is 13.0. The molecule has 1 unspecified atom stereocenters. The van der Waals surface area contributed by atoms with Gasteiger partial charge < -0.3 is 10.3 Å². The standard InChI is InChI=1S/C11H15N3S/c1-8-3-4-10(15-8)6-14-7-13-5-11(14)9(2)12/h3-5,7,9H,6,12H2,1-2H3. The Morgan fingerprint density at radius 3 is 2.93 bits per heavy atom. The Bertz CT molecular complexity index is 442. The van der Waals surface area contributed by atoms with Crippen molar-refractivity contribution in [2.24, 2.45) is 5.73 Å². The van der Waals surface area contributed by atoms with Crippen LogP contribution in [0.3, 0.4) is 0 Å². The van der Waals surface area contributed by atoms with Gasteiger partial charge in [-0.1, -0.05) is 0 Å². The first kappa shape index (κ1) is 10.4. The number of aryl methyl sites for hydroxylation is 1. The van der Waals surface area contributed by atoms with Crippen LogP contribution < -0.4 is 5.73 Å². The van der Waals surface area contributed by atoms with E-state index in [1.165, 1.54) is 9.75 Å². The fourth-order valence-electron chi connectivity index (χ4n) is 1.58. The minimum atomic E-state index is 0.0357. The average Bonchev–Trinajstić information content (AvgIpc) is 2.75. The predicted molar refractivity (Wildman–Crippen MR) is 63.0 cm³/mol. The van der Waals surface area contributed by atoms with Crippen molar-refractivity contribution >= 4 is 11.3 Å². The monoisotopic (exact) mass is 221 g/mol. The highest BCUT2D eigenvalue weighted by Gasteiger charge is 2.07. The molecule has 0 aliphatic rings. The number of hydrogen-bond acceptors (Lipinski definition) is 3. The van der Waals surface area contributed by atoms with Gasteiger partial charge >= 0.3 is 0 Å². The second-order valence-electron chi connectivity index (χ2n) is 3.75. The van der Waals surface area contributed by atoms with Crippen molar-refractivity contribution in [1.82, 2.24) is 9.55 Å². The molecule has 0 amide bonds. The van der Waals surface area contributed by atoms with Gasteiger partial charge in [-0.05, 0) is 26.0 Å². The highest BCUT2D eigenvalue weighted by Crippen LogP contribution is 2.18. The first-order valence-corrected chi connectivity index (χ1v) is 5.79. The molecule has 4 heteroatoms. The number of imidazole rings is 1. The van der Waals surface area contributed by atoms with Crippen molar-refractivity contribution in [3.05, 3.63) is 40.1 Å². The van der Waals surface area contributed by atoms with Crippen molar-refractivity contribution in [1.29, 1.82) is 0 Å². The maximum absolute atomic E-state index is 5.86. The van der Waals surface area contributed by atoms with Crippen LogP contribution in [0.15, 0.2) is 24.7 Å². The lowest BCUT2D eigenvalue weighted by atomic mass is 10.2. The summed E-state index contributed by atoms with van der Waals surface area (Å²) >= 11 is 1.82. The van der Waals surface area contributed by atoms with Gasteiger partial charge in [-0.3, -0.25) is 0 Å². The lowest BCUT2D eigenvalue weighted by molar-refractivity contribution is 0.679. The Morgan fingerprint density at radius 1 is 1.53 bits per heavy atom. The topological polar surface area (TPSA) is 43.8 Å². The molecule has 0 radical (unpaired) electrons. The molecule has 0 fully saturated rings. The van der Waals surface area contributed by atoms with Crippen molar-refractivity contribution < 1.29 is 0 Å². The first-order valence-electron chi connectivity index (χ1n) is 4.97. The zero-order valence-corrected chi connectivity index (χ0v) is 9.79. The van der Waals surface area contributed by atoms with Gasteiger partial charge in [0.25, 0.3) is 0 Å². The lowest BCUT2D eigenvalue weighted by Crippen LogP contribution is -2.11. The third-order valence-corrected chi connectivity index (χ3v) is 3.32. The van der Waals surface area contributed by atoms with Gasteiger partial charge in [0.05, 0.1) is 18.6 Å². The summed E-state index contributed by atoms with van der Waals surface area (Å²) in [5.74, 6) is 0. The molecular weight excluding hydrogens is 206 g/mol. The van der Waals surface area contributed by atoms with Crippen molar-refractivity contribution in [2.45, 2.75) is 26.4 Å². The van der Waals surface area contributed by atoms with Gasteiger partial charge in [-0.25, -0.2) is 4.98 Å². The van der Waals surface area contributed by atoms with E-state index in [9.17, 15) is 0 Å². The highest BCUT2D eigenvalue weighted by molar-refractivity contribution is 7.11. The molecule has 0 saturated heterocycles. The Balaban J connectivity index is 2.20. The average molecular weight is 221 g/mol. The third-order valence-electron chi connectivity index (χ3n) is 2.33. The molecule has 2 aromatic heterocycles. The van der Waals surface area contributed by atoms with E-state index in [1.807, 2.05) is 30.8 Å². The summed E-state index contributed by atoms with van der Waals surface area (Å²) in [7, 11) is 0. The molecule has 0 saturated carbocycles. The summed E-state index contributed by atoms with van der Waals surface area (Å²) in [6.45, 7) is 4.97. The Kier molecular flexibility index (Phi) is 2.88. The van der Waals surface area contributed by atoms with E-state index >= 15 is 0 Å². The second-order valence-corrected chi connectivity index (χ2v) is 5.12. The minimum Gasteiger partial charge on any atom is -0.328 e. The van der Waals surface area contributed by atoms with Crippen LogP contribution in [-0.4, -0.2) is 9.55 Å². The van der Waals surface area contributed by atoms with Crippen LogP contribution in [0.1, 0.15) is 28.4 Å². The number of nitrogens with two attached hydrogens (primary N) is 1. The van der Waals surface area contributed by atoms with Crippen LogP contribution >= 0.6 is 11.3 Å². The zero-order valence-electron chi connectivity index (χ0n) is 8.97. The molecule has 3 nitrogen and oxygen atoms in total. The van der Waals surface area contributed by atoms with Crippen LogP contribution in [0.2, 0.25) is 0 Å². The number of thiophene rings is 1. The second kappa shape index (κ2) is 4.16. The van der Waals surface area contributed by atoms with E-state index in [0.29, 0.717) is 0 Å². The molecule has 0 aromatic carbocycles. The molecule has 2 aromatic rings. The van der Waals surface area contributed by atoms with E-state index in [2.05, 4.69) is 28.6 Å². The first-order chi connectivity index (χ1) is 7.16.